The zero-order chi connectivity index (χ0) is 23.3. The topological polar surface area (TPSA) is 106 Å². The van der Waals surface area contributed by atoms with Crippen LogP contribution < -0.4 is 4.74 Å². The molecule has 0 atom stereocenters. The summed E-state index contributed by atoms with van der Waals surface area (Å²) in [5, 5.41) is 10.3. The Bertz CT molecular complexity index is 1090. The summed E-state index contributed by atoms with van der Waals surface area (Å²) in [5.74, 6) is 1.30. The number of allylic oxidation sites excluding steroid dienone is 2. The number of carbonyl (C=O) groups excluding carboxylic acids is 3. The third kappa shape index (κ3) is 5.43. The first-order chi connectivity index (χ1) is 15.3. The predicted octanol–water partition coefficient (Wildman–Crippen LogP) is 3.14. The van der Waals surface area contributed by atoms with Crippen LogP contribution in [0.4, 0.5) is 0 Å². The van der Waals surface area contributed by atoms with Gasteiger partial charge in [0.2, 0.25) is 0 Å². The van der Waals surface area contributed by atoms with Gasteiger partial charge in [0.05, 0.1) is 23.7 Å². The van der Waals surface area contributed by atoms with Gasteiger partial charge in [-0.2, -0.15) is 4.40 Å². The molecule has 1 amide bonds. The van der Waals surface area contributed by atoms with Gasteiger partial charge in [-0.1, -0.05) is 11.6 Å². The number of ether oxygens (including phenoxy) is 2. The van der Waals surface area contributed by atoms with E-state index < -0.39 is 11.8 Å². The van der Waals surface area contributed by atoms with E-state index in [1.54, 1.807) is 19.1 Å². The van der Waals surface area contributed by atoms with Crippen LogP contribution in [0.2, 0.25) is 5.02 Å². The Balaban J connectivity index is 1.67. The van der Waals surface area contributed by atoms with Gasteiger partial charge in [0.1, 0.15) is 11.5 Å². The summed E-state index contributed by atoms with van der Waals surface area (Å²) in [6.45, 7) is 1.58. The van der Waals surface area contributed by atoms with Crippen LogP contribution in [-0.4, -0.2) is 66.1 Å². The summed E-state index contributed by atoms with van der Waals surface area (Å²) in [4.78, 5) is 38.3. The second-order valence-corrected chi connectivity index (χ2v) is 7.87. The van der Waals surface area contributed by atoms with Crippen LogP contribution in [0.15, 0.2) is 45.4 Å². The Morgan fingerprint density at radius 2 is 2.12 bits per heavy atom. The normalized spacial score (nSPS) is 14.9. The van der Waals surface area contributed by atoms with Gasteiger partial charge in [-0.15, -0.1) is 0 Å². The molecule has 8 nitrogen and oxygen atoms in total. The molecule has 10 heteroatoms. The second-order valence-electron chi connectivity index (χ2n) is 6.92. The second kappa shape index (κ2) is 10.5. The van der Waals surface area contributed by atoms with Crippen molar-refractivity contribution in [1.29, 1.82) is 0 Å². The monoisotopic (exact) mass is 476 g/mol. The van der Waals surface area contributed by atoms with Crippen molar-refractivity contribution in [2.24, 2.45) is 4.40 Å². The molecular weight excluding hydrogens is 456 g/mol. The third-order valence-corrected chi connectivity index (χ3v) is 5.32. The fourth-order valence-electron chi connectivity index (χ4n) is 3.31. The fourth-order valence-corrected chi connectivity index (χ4v) is 3.73. The van der Waals surface area contributed by atoms with E-state index in [4.69, 9.17) is 21.1 Å². The molecule has 0 fully saturated rings. The Kier molecular flexibility index (Phi) is 7.80. The Morgan fingerprint density at radius 3 is 2.84 bits per heavy atom. The molecule has 0 saturated heterocycles. The Hall–Kier alpha value is -3.00. The minimum absolute atomic E-state index is 0.0412. The van der Waals surface area contributed by atoms with Crippen LogP contribution in [0.3, 0.4) is 0 Å². The summed E-state index contributed by atoms with van der Waals surface area (Å²) in [6.07, 6.45) is 5.88. The van der Waals surface area contributed by atoms with E-state index >= 15 is 0 Å². The molecule has 0 unspecified atom stereocenters. The maximum absolute atomic E-state index is 12.8. The van der Waals surface area contributed by atoms with Crippen LogP contribution in [0, 0.1) is 0 Å². The lowest BCUT2D eigenvalue weighted by Crippen LogP contribution is -2.32. The molecule has 168 valence electrons. The lowest BCUT2D eigenvalue weighted by Gasteiger charge is -2.17. The van der Waals surface area contributed by atoms with Crippen LogP contribution in [0.25, 0.3) is 0 Å². The fraction of sp³-hybridized carbons (Fsp3) is 0.318. The molecule has 0 spiro atoms. The van der Waals surface area contributed by atoms with Gasteiger partial charge in [0.15, 0.2) is 12.4 Å². The van der Waals surface area contributed by atoms with Gasteiger partial charge in [-0.05, 0) is 48.5 Å². The van der Waals surface area contributed by atoms with Crippen molar-refractivity contribution in [2.45, 2.75) is 13.3 Å². The number of halogens is 1. The molecule has 0 bridgehead atoms. The average Bonchev–Trinajstić information content (AvgIpc) is 3.07. The van der Waals surface area contributed by atoms with Crippen molar-refractivity contribution in [1.82, 2.24) is 4.90 Å². The van der Waals surface area contributed by atoms with Gasteiger partial charge in [0.25, 0.3) is 5.91 Å². The number of carbonyl (C=O) groups is 3. The molecule has 1 aromatic carbocycles. The number of phenolic OH excluding ortho intramolecular Hbond substituents is 1. The van der Waals surface area contributed by atoms with Crippen LogP contribution in [-0.2, 0) is 14.3 Å². The lowest BCUT2D eigenvalue weighted by molar-refractivity contribution is -0.145. The molecule has 0 aromatic heterocycles. The quantitative estimate of drug-likeness (QED) is 0.266. The first kappa shape index (κ1) is 23.7. The predicted molar refractivity (Wildman–Crippen MR) is 121 cm³/mol. The number of hydrogen-bond acceptors (Lipinski definition) is 8. The highest BCUT2D eigenvalue weighted by atomic mass is 35.5. The minimum Gasteiger partial charge on any atom is -0.507 e. The number of aromatic hydroxyl groups is 1. The number of ketones is 1. The number of amides is 1. The molecule has 1 N–H and O–H groups in total. The van der Waals surface area contributed by atoms with E-state index in [0.29, 0.717) is 18.5 Å². The molecule has 2 aliphatic rings. The van der Waals surface area contributed by atoms with Crippen molar-refractivity contribution in [2.75, 3.05) is 32.6 Å². The number of rotatable bonds is 8. The third-order valence-electron chi connectivity index (χ3n) is 4.75. The number of hydrogen-bond donors (Lipinski definition) is 1. The molecule has 0 saturated carbocycles. The van der Waals surface area contributed by atoms with E-state index in [0.717, 1.165) is 17.2 Å². The number of nitrogens with zero attached hydrogens (tertiary/aromatic N) is 2. The van der Waals surface area contributed by atoms with Crippen molar-refractivity contribution in [3.05, 3.63) is 51.6 Å². The maximum atomic E-state index is 12.8. The largest absolute Gasteiger partial charge is 0.507 e. The molecular formula is C22H21ClN2O6S. The Morgan fingerprint density at radius 1 is 1.34 bits per heavy atom. The van der Waals surface area contributed by atoms with E-state index in [1.165, 1.54) is 22.9 Å². The Labute approximate surface area is 194 Å². The SMILES string of the molecule is CCOC(=O)COc1cc(O)c(C(=O)CN2CC3=C(C=CC(=C=NSC)C3)C2=O)cc1Cl. The van der Waals surface area contributed by atoms with Gasteiger partial charge in [-0.25, -0.2) is 4.79 Å². The molecule has 1 heterocycles. The van der Waals surface area contributed by atoms with Crippen molar-refractivity contribution in [3.8, 4) is 11.5 Å². The first-order valence-corrected chi connectivity index (χ1v) is 11.3. The van der Waals surface area contributed by atoms with Gasteiger partial charge in [0, 0.05) is 36.4 Å². The highest BCUT2D eigenvalue weighted by molar-refractivity contribution is 7.97. The van der Waals surface area contributed by atoms with E-state index in [1.807, 2.05) is 6.26 Å². The molecule has 3 rings (SSSR count). The molecule has 32 heavy (non-hydrogen) atoms. The number of phenols is 1. The van der Waals surface area contributed by atoms with Gasteiger partial charge in [-0.3, -0.25) is 9.59 Å². The summed E-state index contributed by atoms with van der Waals surface area (Å²) in [5.41, 5.74) is 2.29. The van der Waals surface area contributed by atoms with Crippen LogP contribution in [0.1, 0.15) is 23.7 Å². The molecule has 1 aliphatic heterocycles. The van der Waals surface area contributed by atoms with Gasteiger partial charge < -0.3 is 19.5 Å². The van der Waals surface area contributed by atoms with E-state index in [-0.39, 0.29) is 47.8 Å². The number of Topliss-reactive ketones (excluding diaryl/α,β-unsaturated/α-hetero) is 1. The van der Waals surface area contributed by atoms with Crippen molar-refractivity contribution in [3.63, 3.8) is 0 Å². The van der Waals surface area contributed by atoms with E-state index in [9.17, 15) is 19.5 Å². The van der Waals surface area contributed by atoms with Crippen LogP contribution in [0.5, 0.6) is 11.5 Å². The first-order valence-electron chi connectivity index (χ1n) is 9.72. The summed E-state index contributed by atoms with van der Waals surface area (Å²) < 4.78 is 14.0. The zero-order valence-electron chi connectivity index (χ0n) is 17.5. The summed E-state index contributed by atoms with van der Waals surface area (Å²) >= 11 is 7.44. The smallest absolute Gasteiger partial charge is 0.344 e. The molecule has 1 aromatic rings. The molecule has 0 radical (unpaired) electrons. The van der Waals surface area contributed by atoms with Crippen molar-refractivity contribution >= 4 is 47.1 Å². The standard InChI is InChI=1S/C22H21ClN2O6S/c1-3-30-21(28)12-31-20-8-18(26)16(7-17(20)23)19(27)11-25-10-14-6-13(9-24-32-2)4-5-15(14)22(25)29/h4-5,7-8,26H,3,6,10-12H2,1-2H3. The zero-order valence-corrected chi connectivity index (χ0v) is 19.1. The van der Waals surface area contributed by atoms with Crippen molar-refractivity contribution < 1.29 is 29.0 Å². The van der Waals surface area contributed by atoms with E-state index in [2.05, 4.69) is 10.3 Å². The minimum atomic E-state index is -0.584. The average molecular weight is 477 g/mol. The summed E-state index contributed by atoms with van der Waals surface area (Å²) in [6, 6.07) is 2.42. The van der Waals surface area contributed by atoms with Gasteiger partial charge >= 0.3 is 5.97 Å². The highest BCUT2D eigenvalue weighted by Crippen LogP contribution is 2.34. The number of benzene rings is 1. The van der Waals surface area contributed by atoms with Crippen LogP contribution >= 0.6 is 23.5 Å². The summed E-state index contributed by atoms with van der Waals surface area (Å²) in [7, 11) is 0. The lowest BCUT2D eigenvalue weighted by atomic mass is 9.97. The maximum Gasteiger partial charge on any atom is 0.344 e. The molecule has 1 aliphatic carbocycles. The highest BCUT2D eigenvalue weighted by Gasteiger charge is 2.32. The number of esters is 1.